The molecule has 50 heavy (non-hydrogen) atoms. The van der Waals surface area contributed by atoms with Crippen LogP contribution in [0.4, 0.5) is 0 Å². The largest absolute Gasteiger partial charge is 0.0636 e. The highest BCUT2D eigenvalue weighted by Crippen LogP contribution is 2.42. The molecule has 0 aromatic heterocycles. The molecule has 0 aliphatic rings. The molecule has 0 aliphatic heterocycles. The van der Waals surface area contributed by atoms with E-state index in [0.717, 1.165) is 0 Å². The smallest absolute Gasteiger partial charge is 0.0610 e. The molecule has 0 N–H and O–H groups in total. The van der Waals surface area contributed by atoms with Gasteiger partial charge >= 0.3 is 0 Å². The van der Waals surface area contributed by atoms with E-state index in [4.69, 9.17) is 20.6 Å². The Morgan fingerprint density at radius 2 is 0.520 bits per heavy atom. The maximum Gasteiger partial charge on any atom is 0.0636 e. The van der Waals surface area contributed by atoms with Crippen LogP contribution >= 0.6 is 0 Å². The van der Waals surface area contributed by atoms with Crippen molar-refractivity contribution >= 4 is 64.6 Å². The van der Waals surface area contributed by atoms with E-state index in [9.17, 15) is 20.6 Å². The Kier molecular flexibility index (Phi) is 2.37. The molecule has 11 aromatic carbocycles. The van der Waals surface area contributed by atoms with Crippen molar-refractivity contribution in [1.82, 2.24) is 0 Å². The van der Waals surface area contributed by atoms with Crippen molar-refractivity contribution < 1.29 is 41.1 Å². The van der Waals surface area contributed by atoms with E-state index in [0.29, 0.717) is 0 Å². The quantitative estimate of drug-likeness (QED) is 0.165. The molecule has 0 saturated heterocycles. The van der Waals surface area contributed by atoms with Gasteiger partial charge in [-0.05, 0) is 127 Å². The molecule has 0 saturated carbocycles. The molecule has 11 rings (SSSR count). The Balaban J connectivity index is 1.27. The number of rotatable bonds is 4. The van der Waals surface area contributed by atoms with E-state index in [1.165, 1.54) is 0 Å². The van der Waals surface area contributed by atoms with E-state index in [2.05, 4.69) is 0 Å². The fraction of sp³-hybridized carbons (Fsp3) is 0. The molecule has 0 fully saturated rings. The first-order chi connectivity index (χ1) is 37.3. The summed E-state index contributed by atoms with van der Waals surface area (Å²) in [4.78, 5) is 0. The van der Waals surface area contributed by atoms with Crippen molar-refractivity contribution in [3.05, 3.63) is 181 Å². The van der Waals surface area contributed by atoms with Crippen LogP contribution in [-0.2, 0) is 0 Å². The summed E-state index contributed by atoms with van der Waals surface area (Å²) in [7, 11) is 0. The lowest BCUT2D eigenvalue weighted by molar-refractivity contribution is 1.58. The molecule has 0 amide bonds. The van der Waals surface area contributed by atoms with Crippen molar-refractivity contribution in [3.63, 3.8) is 0 Å². The first kappa shape index (κ1) is 11.3. The van der Waals surface area contributed by atoms with Gasteiger partial charge in [-0.25, -0.2) is 0 Å². The van der Waals surface area contributed by atoms with E-state index < -0.39 is 269 Å². The van der Waals surface area contributed by atoms with E-state index in [1.807, 2.05) is 0 Å². The summed E-state index contributed by atoms with van der Waals surface area (Å²) in [5.41, 5.74) is -6.89. The Hall–Kier alpha value is -6.50. The maximum atomic E-state index is 9.74. The second-order valence-corrected chi connectivity index (χ2v) is 11.2. The number of benzene rings is 11. The van der Waals surface area contributed by atoms with Gasteiger partial charge in [-0.15, -0.1) is 0 Å². The fourth-order valence-corrected chi connectivity index (χ4v) is 6.28. The van der Waals surface area contributed by atoms with E-state index >= 15 is 0 Å². The highest BCUT2D eigenvalue weighted by atomic mass is 14.2. The van der Waals surface area contributed by atoms with Crippen LogP contribution in [0.3, 0.4) is 0 Å². The van der Waals surface area contributed by atoms with Gasteiger partial charge in [-0.1, -0.05) is 163 Å². The Morgan fingerprint density at radius 1 is 0.240 bits per heavy atom. The Bertz CT molecular complexity index is 4460. The van der Waals surface area contributed by atoms with Crippen LogP contribution in [0.15, 0.2) is 181 Å². The predicted molar refractivity (Wildman–Crippen MR) is 216 cm³/mol. The first-order valence-electron chi connectivity index (χ1n) is 30.0. The molecule has 0 nitrogen and oxygen atoms in total. The monoisotopic (exact) mass is 660 g/mol. The molecular formula is C50H30. The standard InChI is InChI=1S/C50H30/c1-6-31-16-18-35-20-24-43(45-26-22-33(8-1)47(31)49(35)45)41-14-4-12-39(29-41)37-10-3-11-38(28-37)40-13-5-15-42(30-40)44-25-21-36-19-17-32-7-2-9-34-23-27-46(44)50(36)48(32)34/h1-30H/i1D,2D,3D,4D,5D,6D,7D,8D,9D,10D,11D,12D,13D,14D,15D,16D,17D,18D,19D,20D,21D,22D,23D,24D,25D,26D,27D,28D,29D,30D. The Morgan fingerprint density at radius 3 is 0.920 bits per heavy atom. The van der Waals surface area contributed by atoms with Crippen molar-refractivity contribution in [2.75, 3.05) is 0 Å². The highest BCUT2D eigenvalue weighted by molar-refractivity contribution is 6.26. The molecular weight excluding hydrogens is 601 g/mol. The van der Waals surface area contributed by atoms with Gasteiger partial charge in [-0.3, -0.25) is 0 Å². The third-order valence-electron chi connectivity index (χ3n) is 8.50. The summed E-state index contributed by atoms with van der Waals surface area (Å²) >= 11 is 0. The summed E-state index contributed by atoms with van der Waals surface area (Å²) in [5.74, 6) is 0. The van der Waals surface area contributed by atoms with Crippen LogP contribution in [0.2, 0.25) is 0 Å². The lowest BCUT2D eigenvalue weighted by atomic mass is 9.88. The van der Waals surface area contributed by atoms with Crippen molar-refractivity contribution in [2.45, 2.75) is 0 Å². The second-order valence-electron chi connectivity index (χ2n) is 11.2. The Labute approximate surface area is 332 Å². The van der Waals surface area contributed by atoms with Gasteiger partial charge in [0, 0.05) is 0 Å². The van der Waals surface area contributed by atoms with Crippen LogP contribution < -0.4 is 0 Å². The van der Waals surface area contributed by atoms with Gasteiger partial charge < -0.3 is 0 Å². The first-order valence-corrected chi connectivity index (χ1v) is 15.0. The molecule has 0 heterocycles. The average molecular weight is 661 g/mol. The van der Waals surface area contributed by atoms with Crippen LogP contribution in [-0.4, -0.2) is 0 Å². The molecule has 0 heteroatoms. The molecule has 11 aromatic rings. The third kappa shape index (κ3) is 4.06. The summed E-state index contributed by atoms with van der Waals surface area (Å²) in [5, 5.41) is -5.05. The van der Waals surface area contributed by atoms with Crippen LogP contribution in [0.1, 0.15) is 41.1 Å². The molecule has 0 bridgehead atoms. The van der Waals surface area contributed by atoms with Gasteiger partial charge in [0.2, 0.25) is 0 Å². The van der Waals surface area contributed by atoms with E-state index in [1.54, 1.807) is 0 Å². The minimum Gasteiger partial charge on any atom is -0.0610 e. The summed E-state index contributed by atoms with van der Waals surface area (Å²) < 4.78 is 272. The molecule has 0 radical (unpaired) electrons. The fourth-order valence-electron chi connectivity index (χ4n) is 6.28. The summed E-state index contributed by atoms with van der Waals surface area (Å²) in [6.07, 6.45) is 0. The zero-order valence-electron chi connectivity index (χ0n) is 55.0. The zero-order valence-corrected chi connectivity index (χ0v) is 25.0. The lowest BCUT2D eigenvalue weighted by Crippen LogP contribution is -1.88. The summed E-state index contributed by atoms with van der Waals surface area (Å²) in [6, 6.07) is -27.2. The van der Waals surface area contributed by atoms with Crippen LogP contribution in [0.5, 0.6) is 0 Å². The molecule has 230 valence electrons. The van der Waals surface area contributed by atoms with Gasteiger partial charge in [0.15, 0.2) is 0 Å². The average Bonchev–Trinajstić information content (AvgIpc) is 2.51. The minimum absolute atomic E-state index is 0.299. The maximum absolute atomic E-state index is 9.74. The molecule has 0 spiro atoms. The number of hydrogen-bond acceptors (Lipinski definition) is 0. The van der Waals surface area contributed by atoms with Gasteiger partial charge in [-0.2, -0.15) is 0 Å². The lowest BCUT2D eigenvalue weighted by Gasteiger charge is -2.15. The third-order valence-corrected chi connectivity index (χ3v) is 8.50. The van der Waals surface area contributed by atoms with Gasteiger partial charge in [0.25, 0.3) is 0 Å². The van der Waals surface area contributed by atoms with Gasteiger partial charge in [0.05, 0.1) is 41.1 Å². The van der Waals surface area contributed by atoms with Crippen LogP contribution in [0, 0.1) is 0 Å². The van der Waals surface area contributed by atoms with Crippen molar-refractivity contribution in [2.24, 2.45) is 0 Å². The van der Waals surface area contributed by atoms with Crippen molar-refractivity contribution in [1.29, 1.82) is 0 Å². The van der Waals surface area contributed by atoms with E-state index in [-0.39, 0.29) is 21.5 Å². The summed E-state index contributed by atoms with van der Waals surface area (Å²) in [6.45, 7) is 0. The second kappa shape index (κ2) is 10.5. The topological polar surface area (TPSA) is 0 Å². The minimum atomic E-state index is -1.14. The van der Waals surface area contributed by atoms with Crippen LogP contribution in [0.25, 0.3) is 109 Å². The van der Waals surface area contributed by atoms with Crippen molar-refractivity contribution in [3.8, 4) is 44.5 Å². The molecule has 0 unspecified atom stereocenters. The molecule has 0 atom stereocenters. The SMILES string of the molecule is [2H]c1c([2H])c(-c2c([2H])c([2H])c([2H])c(-c3c([2H])c([2H])c4c([2H])c([2H])c5c([2H])c([2H])c([2H])c6c([2H])c([2H])c3c4c56)c2[2H])c([2H])c(-c2c([2H])c([2H])c([2H])c(-c3c([2H])c([2H])c4c([2H])c([2H])c5c([2H])c([2H])c([2H])c6c([2H])c([2H])c3c4c56)c2[2H])c1[2H]. The molecule has 0 aliphatic carbocycles. The zero-order chi connectivity index (χ0) is 58.9. The number of hydrogen-bond donors (Lipinski definition) is 0. The van der Waals surface area contributed by atoms with Gasteiger partial charge in [0.1, 0.15) is 0 Å². The normalized spacial score (nSPS) is 20.4. The predicted octanol–water partition coefficient (Wildman–Crippen LogP) is 14.1. The highest BCUT2D eigenvalue weighted by Gasteiger charge is 2.15.